The van der Waals surface area contributed by atoms with Gasteiger partial charge in [0.25, 0.3) is 5.91 Å². The SMILES string of the molecule is COC1CCN(C(=O)c2ccc(Br)c(F)c2)CC1. The highest BCUT2D eigenvalue weighted by Crippen LogP contribution is 2.19. The second-order valence-electron chi connectivity index (χ2n) is 4.36. The summed E-state index contributed by atoms with van der Waals surface area (Å²) in [5.74, 6) is -0.524. The van der Waals surface area contributed by atoms with E-state index < -0.39 is 5.82 Å². The van der Waals surface area contributed by atoms with Crippen molar-refractivity contribution in [1.82, 2.24) is 4.90 Å². The summed E-state index contributed by atoms with van der Waals surface area (Å²) in [6, 6.07) is 4.47. The molecule has 0 radical (unpaired) electrons. The number of rotatable bonds is 2. The molecular weight excluding hydrogens is 301 g/mol. The summed E-state index contributed by atoms with van der Waals surface area (Å²) in [5.41, 5.74) is 0.395. The summed E-state index contributed by atoms with van der Waals surface area (Å²) in [7, 11) is 1.69. The molecule has 0 bridgehead atoms. The Bertz CT molecular complexity index is 445. The van der Waals surface area contributed by atoms with Crippen LogP contribution < -0.4 is 0 Å². The van der Waals surface area contributed by atoms with Gasteiger partial charge in [0.15, 0.2) is 0 Å². The van der Waals surface area contributed by atoms with Crippen LogP contribution in [0.4, 0.5) is 4.39 Å². The summed E-state index contributed by atoms with van der Waals surface area (Å²) in [6.07, 6.45) is 1.90. The number of carbonyl (C=O) groups excluding carboxylic acids is 1. The van der Waals surface area contributed by atoms with Gasteiger partial charge in [0.05, 0.1) is 10.6 Å². The van der Waals surface area contributed by atoms with E-state index in [9.17, 15) is 9.18 Å². The second-order valence-corrected chi connectivity index (χ2v) is 5.21. The third kappa shape index (κ3) is 2.90. The van der Waals surface area contributed by atoms with Gasteiger partial charge in [0.1, 0.15) is 5.82 Å². The zero-order valence-electron chi connectivity index (χ0n) is 10.2. The zero-order valence-corrected chi connectivity index (χ0v) is 11.7. The van der Waals surface area contributed by atoms with Crippen molar-refractivity contribution in [3.05, 3.63) is 34.1 Å². The Hall–Kier alpha value is -0.940. The molecule has 1 aromatic carbocycles. The molecule has 0 aliphatic carbocycles. The third-order valence-electron chi connectivity index (χ3n) is 3.23. The van der Waals surface area contributed by atoms with E-state index in [-0.39, 0.29) is 12.0 Å². The number of benzene rings is 1. The first kappa shape index (κ1) is 13.5. The molecule has 1 amide bonds. The molecule has 18 heavy (non-hydrogen) atoms. The smallest absolute Gasteiger partial charge is 0.253 e. The summed E-state index contributed by atoms with van der Waals surface area (Å²) >= 11 is 3.08. The molecule has 1 saturated heterocycles. The molecule has 0 N–H and O–H groups in total. The van der Waals surface area contributed by atoms with E-state index in [1.807, 2.05) is 0 Å². The van der Waals surface area contributed by atoms with Gasteiger partial charge in [0.2, 0.25) is 0 Å². The van der Waals surface area contributed by atoms with E-state index in [0.29, 0.717) is 23.1 Å². The van der Waals surface area contributed by atoms with Crippen LogP contribution in [-0.4, -0.2) is 37.1 Å². The maximum absolute atomic E-state index is 13.4. The van der Waals surface area contributed by atoms with E-state index in [1.165, 1.54) is 6.07 Å². The van der Waals surface area contributed by atoms with E-state index in [4.69, 9.17) is 4.74 Å². The molecule has 98 valence electrons. The molecule has 1 aliphatic heterocycles. The lowest BCUT2D eigenvalue weighted by molar-refractivity contribution is 0.0350. The number of likely N-dealkylation sites (tertiary alicyclic amines) is 1. The fourth-order valence-electron chi connectivity index (χ4n) is 2.11. The van der Waals surface area contributed by atoms with Gasteiger partial charge in [-0.15, -0.1) is 0 Å². The summed E-state index contributed by atoms with van der Waals surface area (Å²) in [4.78, 5) is 13.9. The first-order valence-corrected chi connectivity index (χ1v) is 6.68. The molecule has 2 rings (SSSR count). The fourth-order valence-corrected chi connectivity index (χ4v) is 2.35. The number of ether oxygens (including phenoxy) is 1. The maximum Gasteiger partial charge on any atom is 0.253 e. The number of hydrogen-bond donors (Lipinski definition) is 0. The van der Waals surface area contributed by atoms with E-state index in [1.54, 1.807) is 24.1 Å². The molecule has 0 saturated carbocycles. The molecule has 0 spiro atoms. The van der Waals surface area contributed by atoms with Gasteiger partial charge >= 0.3 is 0 Å². The Morgan fingerprint density at radius 1 is 1.44 bits per heavy atom. The van der Waals surface area contributed by atoms with Gasteiger partial charge < -0.3 is 9.64 Å². The lowest BCUT2D eigenvalue weighted by Crippen LogP contribution is -2.40. The second kappa shape index (κ2) is 5.80. The fraction of sp³-hybridized carbons (Fsp3) is 0.462. The van der Waals surface area contributed by atoms with Crippen LogP contribution in [0, 0.1) is 5.82 Å². The summed E-state index contributed by atoms with van der Waals surface area (Å²) < 4.78 is 19.0. The van der Waals surface area contributed by atoms with Crippen LogP contribution in [0.25, 0.3) is 0 Å². The normalized spacial score (nSPS) is 16.9. The first-order chi connectivity index (χ1) is 8.61. The Morgan fingerprint density at radius 2 is 2.11 bits per heavy atom. The predicted molar refractivity (Wildman–Crippen MR) is 70.0 cm³/mol. The number of hydrogen-bond acceptors (Lipinski definition) is 2. The lowest BCUT2D eigenvalue weighted by atomic mass is 10.1. The highest BCUT2D eigenvalue weighted by molar-refractivity contribution is 9.10. The molecule has 1 heterocycles. The average Bonchev–Trinajstić information content (AvgIpc) is 2.41. The Labute approximate surface area is 114 Å². The van der Waals surface area contributed by atoms with Crippen molar-refractivity contribution in [3.8, 4) is 0 Å². The van der Waals surface area contributed by atoms with Crippen LogP contribution in [-0.2, 0) is 4.74 Å². The zero-order chi connectivity index (χ0) is 13.1. The van der Waals surface area contributed by atoms with Crippen LogP contribution in [0.3, 0.4) is 0 Å². The first-order valence-electron chi connectivity index (χ1n) is 5.89. The van der Waals surface area contributed by atoms with Crippen LogP contribution in [0.2, 0.25) is 0 Å². The van der Waals surface area contributed by atoms with Crippen molar-refractivity contribution in [2.24, 2.45) is 0 Å². The van der Waals surface area contributed by atoms with Crippen molar-refractivity contribution in [2.45, 2.75) is 18.9 Å². The highest BCUT2D eigenvalue weighted by atomic mass is 79.9. The number of methoxy groups -OCH3 is 1. The Balaban J connectivity index is 2.05. The van der Waals surface area contributed by atoms with Gasteiger partial charge in [-0.3, -0.25) is 4.79 Å². The van der Waals surface area contributed by atoms with E-state index >= 15 is 0 Å². The predicted octanol–water partition coefficient (Wildman–Crippen LogP) is 2.84. The van der Waals surface area contributed by atoms with Crippen LogP contribution in [0.5, 0.6) is 0 Å². The minimum absolute atomic E-state index is 0.115. The number of piperidine rings is 1. The number of nitrogens with zero attached hydrogens (tertiary/aromatic N) is 1. The lowest BCUT2D eigenvalue weighted by Gasteiger charge is -2.31. The Kier molecular flexibility index (Phi) is 4.35. The molecule has 0 aromatic heterocycles. The maximum atomic E-state index is 13.4. The Morgan fingerprint density at radius 3 is 2.67 bits per heavy atom. The van der Waals surface area contributed by atoms with Crippen LogP contribution >= 0.6 is 15.9 Å². The van der Waals surface area contributed by atoms with E-state index in [2.05, 4.69) is 15.9 Å². The molecule has 0 unspecified atom stereocenters. The molecule has 0 atom stereocenters. The van der Waals surface area contributed by atoms with Gasteiger partial charge in [-0.1, -0.05) is 0 Å². The topological polar surface area (TPSA) is 29.5 Å². The van der Waals surface area contributed by atoms with Crippen molar-refractivity contribution in [2.75, 3.05) is 20.2 Å². The van der Waals surface area contributed by atoms with Gasteiger partial charge in [-0.2, -0.15) is 0 Å². The molecule has 5 heteroatoms. The largest absolute Gasteiger partial charge is 0.381 e. The minimum Gasteiger partial charge on any atom is -0.381 e. The summed E-state index contributed by atoms with van der Waals surface area (Å²) in [5, 5.41) is 0. The molecule has 1 fully saturated rings. The average molecular weight is 316 g/mol. The van der Waals surface area contributed by atoms with Gasteiger partial charge in [-0.25, -0.2) is 4.39 Å². The number of carbonyl (C=O) groups is 1. The van der Waals surface area contributed by atoms with Crippen LogP contribution in [0.1, 0.15) is 23.2 Å². The van der Waals surface area contributed by atoms with E-state index in [0.717, 1.165) is 12.8 Å². The van der Waals surface area contributed by atoms with Crippen molar-refractivity contribution < 1.29 is 13.9 Å². The third-order valence-corrected chi connectivity index (χ3v) is 3.87. The summed E-state index contributed by atoms with van der Waals surface area (Å²) in [6.45, 7) is 1.32. The van der Waals surface area contributed by atoms with Gasteiger partial charge in [0, 0.05) is 25.8 Å². The van der Waals surface area contributed by atoms with Crippen molar-refractivity contribution in [3.63, 3.8) is 0 Å². The molecule has 1 aromatic rings. The monoisotopic (exact) mass is 315 g/mol. The number of amides is 1. The standard InChI is InChI=1S/C13H15BrFNO2/c1-18-10-4-6-16(7-5-10)13(17)9-2-3-11(14)12(15)8-9/h2-3,8,10H,4-7H2,1H3. The quantitative estimate of drug-likeness (QED) is 0.840. The number of halogens is 2. The van der Waals surface area contributed by atoms with Gasteiger partial charge in [-0.05, 0) is 47.0 Å². The molecule has 3 nitrogen and oxygen atoms in total. The highest BCUT2D eigenvalue weighted by Gasteiger charge is 2.23. The van der Waals surface area contributed by atoms with Crippen molar-refractivity contribution >= 4 is 21.8 Å². The van der Waals surface area contributed by atoms with Crippen molar-refractivity contribution in [1.29, 1.82) is 0 Å². The molecular formula is C13H15BrFNO2. The van der Waals surface area contributed by atoms with Crippen LogP contribution in [0.15, 0.2) is 22.7 Å². The minimum atomic E-state index is -0.410. The molecule has 1 aliphatic rings.